The largest absolute Gasteiger partial charge is 0.378 e. The molecule has 0 atom stereocenters. The Morgan fingerprint density at radius 2 is 1.64 bits per heavy atom. The topological polar surface area (TPSA) is 29.3 Å². The smallest absolute Gasteiger partial charge is 0.165 e. The monoisotopic (exact) mass is 288 g/mol. The zero-order valence-electron chi connectivity index (χ0n) is 12.6. The van der Waals surface area contributed by atoms with Crippen molar-refractivity contribution in [2.24, 2.45) is 0 Å². The number of aromatic nitrogens is 1. The molecule has 2 aromatic rings. The van der Waals surface area contributed by atoms with Crippen molar-refractivity contribution in [1.29, 1.82) is 0 Å². The molecule has 0 unspecified atom stereocenters. The van der Waals surface area contributed by atoms with Gasteiger partial charge in [-0.3, -0.25) is 0 Å². The zero-order chi connectivity index (χ0) is 15.1. The van der Waals surface area contributed by atoms with E-state index in [1.165, 1.54) is 16.8 Å². The first kappa shape index (κ1) is 12.9. The molecular weight excluding hydrogens is 272 g/mol. The number of benzene rings is 2. The van der Waals surface area contributed by atoms with Crippen molar-refractivity contribution in [1.82, 2.24) is 5.16 Å². The van der Waals surface area contributed by atoms with Gasteiger partial charge in [0.25, 0.3) is 0 Å². The fourth-order valence-electron chi connectivity index (χ4n) is 2.77. The van der Waals surface area contributed by atoms with Gasteiger partial charge in [-0.15, -0.1) is 0 Å². The number of para-hydroxylation sites is 1. The molecule has 3 nitrogen and oxygen atoms in total. The average molecular weight is 288 g/mol. The molecule has 0 N–H and O–H groups in total. The Morgan fingerprint density at radius 3 is 2.41 bits per heavy atom. The summed E-state index contributed by atoms with van der Waals surface area (Å²) in [6.45, 7) is 0. The van der Waals surface area contributed by atoms with Crippen LogP contribution < -0.4 is 4.90 Å². The second-order valence-electron chi connectivity index (χ2n) is 5.66. The normalized spacial score (nSPS) is 11.2. The van der Waals surface area contributed by atoms with Crippen molar-refractivity contribution in [2.75, 3.05) is 19.0 Å². The third kappa shape index (κ3) is 2.02. The molecule has 0 spiro atoms. The van der Waals surface area contributed by atoms with Crippen LogP contribution in [-0.4, -0.2) is 19.3 Å². The molecule has 2 aliphatic rings. The van der Waals surface area contributed by atoms with E-state index in [2.05, 4.69) is 52.5 Å². The highest BCUT2D eigenvalue weighted by molar-refractivity contribution is 5.96. The molecular formula is C19H16N2O. The molecule has 3 heteroatoms. The van der Waals surface area contributed by atoms with Crippen LogP contribution in [0.1, 0.15) is 0 Å². The molecule has 0 saturated carbocycles. The lowest BCUT2D eigenvalue weighted by Gasteiger charge is -2.12. The van der Waals surface area contributed by atoms with Gasteiger partial charge in [0.1, 0.15) is 5.69 Å². The summed E-state index contributed by atoms with van der Waals surface area (Å²) in [5.74, 6) is 0. The summed E-state index contributed by atoms with van der Waals surface area (Å²) in [5, 5.41) is 5.32. The highest BCUT2D eigenvalue weighted by Gasteiger charge is 2.14. The van der Waals surface area contributed by atoms with Gasteiger partial charge in [0.05, 0.1) is 0 Å². The van der Waals surface area contributed by atoms with Crippen LogP contribution in [0.5, 0.6) is 0 Å². The van der Waals surface area contributed by atoms with Gasteiger partial charge in [0, 0.05) is 30.7 Å². The SMILES string of the molecule is CN(C)c1ccc(-c2cc3noc4ccccc4c-3c2)cc1. The Balaban J connectivity index is 1.86. The molecule has 1 aliphatic heterocycles. The molecule has 1 aliphatic carbocycles. The van der Waals surface area contributed by atoms with Crippen LogP contribution >= 0.6 is 0 Å². The van der Waals surface area contributed by atoms with Gasteiger partial charge < -0.3 is 9.42 Å². The van der Waals surface area contributed by atoms with E-state index in [-0.39, 0.29) is 0 Å². The van der Waals surface area contributed by atoms with E-state index in [1.807, 2.05) is 32.3 Å². The Kier molecular flexibility index (Phi) is 2.86. The van der Waals surface area contributed by atoms with Gasteiger partial charge in [0.15, 0.2) is 5.58 Å². The van der Waals surface area contributed by atoms with Crippen molar-refractivity contribution >= 4 is 16.7 Å². The molecule has 0 fully saturated rings. The van der Waals surface area contributed by atoms with E-state index >= 15 is 0 Å². The van der Waals surface area contributed by atoms with Gasteiger partial charge in [-0.25, -0.2) is 0 Å². The molecule has 22 heavy (non-hydrogen) atoms. The van der Waals surface area contributed by atoms with Crippen LogP contribution in [0.2, 0.25) is 0 Å². The minimum Gasteiger partial charge on any atom is -0.378 e. The molecule has 0 amide bonds. The quantitative estimate of drug-likeness (QED) is 0.537. The Labute approximate surface area is 129 Å². The minimum atomic E-state index is 0.815. The van der Waals surface area contributed by atoms with Gasteiger partial charge in [-0.1, -0.05) is 35.5 Å². The minimum absolute atomic E-state index is 0.815. The maximum Gasteiger partial charge on any atom is 0.165 e. The highest BCUT2D eigenvalue weighted by atomic mass is 16.5. The molecule has 108 valence electrons. The van der Waals surface area contributed by atoms with Gasteiger partial charge in [-0.05, 0) is 41.5 Å². The van der Waals surface area contributed by atoms with Gasteiger partial charge in [0.2, 0.25) is 0 Å². The predicted molar refractivity (Wildman–Crippen MR) is 90.4 cm³/mol. The summed E-state index contributed by atoms with van der Waals surface area (Å²) in [7, 11) is 4.09. The van der Waals surface area contributed by atoms with Crippen molar-refractivity contribution < 1.29 is 4.52 Å². The summed E-state index contributed by atoms with van der Waals surface area (Å²) in [6, 6.07) is 20.8. The fourth-order valence-corrected chi connectivity index (χ4v) is 2.77. The number of hydrogen-bond acceptors (Lipinski definition) is 3. The number of nitrogens with zero attached hydrogens (tertiary/aromatic N) is 2. The van der Waals surface area contributed by atoms with E-state index in [0.717, 1.165) is 22.2 Å². The second-order valence-corrected chi connectivity index (χ2v) is 5.66. The Morgan fingerprint density at radius 1 is 0.864 bits per heavy atom. The molecule has 0 aromatic heterocycles. The van der Waals surface area contributed by atoms with E-state index in [0.29, 0.717) is 0 Å². The number of anilines is 1. The van der Waals surface area contributed by atoms with Crippen LogP contribution in [0.4, 0.5) is 5.69 Å². The third-order valence-corrected chi connectivity index (χ3v) is 4.00. The molecule has 0 saturated heterocycles. The predicted octanol–water partition coefficient (Wildman–Crippen LogP) is 4.67. The maximum absolute atomic E-state index is 5.47. The van der Waals surface area contributed by atoms with Crippen molar-refractivity contribution in [3.8, 4) is 22.4 Å². The molecule has 0 bridgehead atoms. The fraction of sp³-hybridized carbons (Fsp3) is 0.105. The standard InChI is InChI=1S/C19H16N2O/c1-21(2)15-9-7-13(8-10-15)14-11-17-16-5-3-4-6-19(16)22-20-18(17)12-14/h3-12H,1-2H3. The van der Waals surface area contributed by atoms with Crippen molar-refractivity contribution in [2.45, 2.75) is 0 Å². The summed E-state index contributed by atoms with van der Waals surface area (Å²) in [5.41, 5.74) is 6.39. The summed E-state index contributed by atoms with van der Waals surface area (Å²) < 4.78 is 5.47. The summed E-state index contributed by atoms with van der Waals surface area (Å²) in [4.78, 5) is 2.10. The zero-order valence-corrected chi connectivity index (χ0v) is 12.6. The van der Waals surface area contributed by atoms with Crippen LogP contribution in [-0.2, 0) is 0 Å². The number of fused-ring (bicyclic) bond motifs is 3. The first-order chi connectivity index (χ1) is 10.7. The number of hydrogen-bond donors (Lipinski definition) is 0. The number of rotatable bonds is 2. The van der Waals surface area contributed by atoms with Crippen molar-refractivity contribution in [3.63, 3.8) is 0 Å². The molecule has 1 heterocycles. The van der Waals surface area contributed by atoms with E-state index in [1.54, 1.807) is 0 Å². The van der Waals surface area contributed by atoms with Gasteiger partial charge >= 0.3 is 0 Å². The Hall–Kier alpha value is -2.81. The van der Waals surface area contributed by atoms with Gasteiger partial charge in [-0.2, -0.15) is 0 Å². The lowest BCUT2D eigenvalue weighted by atomic mass is 10.1. The highest BCUT2D eigenvalue weighted by Crippen LogP contribution is 2.36. The van der Waals surface area contributed by atoms with Crippen LogP contribution in [0, 0.1) is 0 Å². The van der Waals surface area contributed by atoms with Crippen LogP contribution in [0.15, 0.2) is 65.2 Å². The summed E-state index contributed by atoms with van der Waals surface area (Å²) >= 11 is 0. The third-order valence-electron chi connectivity index (χ3n) is 4.00. The van der Waals surface area contributed by atoms with E-state index in [9.17, 15) is 0 Å². The second kappa shape index (κ2) is 4.88. The molecule has 4 rings (SSSR count). The molecule has 2 aromatic carbocycles. The lowest BCUT2D eigenvalue weighted by Crippen LogP contribution is -2.07. The van der Waals surface area contributed by atoms with Crippen molar-refractivity contribution in [3.05, 3.63) is 60.7 Å². The maximum atomic E-state index is 5.47. The van der Waals surface area contributed by atoms with E-state index < -0.39 is 0 Å². The Bertz CT molecular complexity index is 906. The average Bonchev–Trinajstić information content (AvgIpc) is 2.99. The van der Waals surface area contributed by atoms with E-state index in [4.69, 9.17) is 4.52 Å². The van der Waals surface area contributed by atoms with Crippen LogP contribution in [0.3, 0.4) is 0 Å². The summed E-state index contributed by atoms with van der Waals surface area (Å²) in [6.07, 6.45) is 0. The lowest BCUT2D eigenvalue weighted by molar-refractivity contribution is 0.446. The first-order valence-corrected chi connectivity index (χ1v) is 7.28. The van der Waals surface area contributed by atoms with Crippen LogP contribution in [0.25, 0.3) is 33.4 Å². The molecule has 0 radical (unpaired) electrons. The first-order valence-electron chi connectivity index (χ1n) is 7.28.